The summed E-state index contributed by atoms with van der Waals surface area (Å²) in [6.45, 7) is 2.66. The lowest BCUT2D eigenvalue weighted by Crippen LogP contribution is -2.39. The van der Waals surface area contributed by atoms with E-state index in [2.05, 4.69) is 20.4 Å². The van der Waals surface area contributed by atoms with Crippen molar-refractivity contribution in [3.8, 4) is 0 Å². The zero-order valence-corrected chi connectivity index (χ0v) is 18.1. The van der Waals surface area contributed by atoms with Crippen LogP contribution in [-0.4, -0.2) is 43.0 Å². The number of amides is 2. The second-order valence-electron chi connectivity index (χ2n) is 7.95. The Hall–Kier alpha value is -3.62. The summed E-state index contributed by atoms with van der Waals surface area (Å²) in [5, 5.41) is 6.90. The van der Waals surface area contributed by atoms with Gasteiger partial charge in [-0.3, -0.25) is 14.3 Å². The van der Waals surface area contributed by atoms with Crippen molar-refractivity contribution in [2.24, 2.45) is 7.05 Å². The molecule has 4 rings (SSSR count). The molecular formula is C23H25FN6O2. The Morgan fingerprint density at radius 1 is 1.19 bits per heavy atom. The van der Waals surface area contributed by atoms with Crippen LogP contribution in [0.3, 0.4) is 0 Å². The summed E-state index contributed by atoms with van der Waals surface area (Å²) in [4.78, 5) is 36.5. The van der Waals surface area contributed by atoms with Crippen molar-refractivity contribution in [3.63, 3.8) is 0 Å². The largest absolute Gasteiger partial charge is 0.348 e. The minimum Gasteiger partial charge on any atom is -0.348 e. The number of likely N-dealkylation sites (tertiary alicyclic amines) is 1. The maximum Gasteiger partial charge on any atom is 0.257 e. The number of rotatable bonds is 5. The molecule has 8 nitrogen and oxygen atoms in total. The number of piperidine rings is 1. The molecular weight excluding hydrogens is 411 g/mol. The zero-order valence-electron chi connectivity index (χ0n) is 18.1. The molecule has 1 aliphatic heterocycles. The lowest BCUT2D eigenvalue weighted by atomic mass is 10.00. The second kappa shape index (κ2) is 9.25. The van der Waals surface area contributed by atoms with E-state index in [1.54, 1.807) is 48.1 Å². The van der Waals surface area contributed by atoms with E-state index < -0.39 is 0 Å². The topological polar surface area (TPSA) is 93.0 Å². The molecule has 9 heteroatoms. The normalized spacial score (nSPS) is 16.1. The van der Waals surface area contributed by atoms with Crippen LogP contribution in [0.1, 0.15) is 63.1 Å². The van der Waals surface area contributed by atoms with Crippen LogP contribution in [-0.2, 0) is 13.6 Å². The van der Waals surface area contributed by atoms with Crippen LogP contribution in [0.15, 0.2) is 42.9 Å². The summed E-state index contributed by atoms with van der Waals surface area (Å²) in [5.41, 5.74) is 2.25. The first-order chi connectivity index (χ1) is 15.4. The van der Waals surface area contributed by atoms with E-state index in [4.69, 9.17) is 0 Å². The van der Waals surface area contributed by atoms with Gasteiger partial charge in [-0.25, -0.2) is 14.4 Å². The molecule has 1 atom stereocenters. The smallest absolute Gasteiger partial charge is 0.257 e. The van der Waals surface area contributed by atoms with Crippen molar-refractivity contribution < 1.29 is 14.0 Å². The summed E-state index contributed by atoms with van der Waals surface area (Å²) in [5.74, 6) is -0.177. The number of nitrogens with one attached hydrogen (secondary N) is 1. The lowest BCUT2D eigenvalue weighted by Gasteiger charge is -2.34. The Morgan fingerprint density at radius 2 is 1.97 bits per heavy atom. The third-order valence-corrected chi connectivity index (χ3v) is 5.62. The van der Waals surface area contributed by atoms with Crippen molar-refractivity contribution in [2.45, 2.75) is 38.8 Å². The number of benzene rings is 1. The molecule has 32 heavy (non-hydrogen) atoms. The monoisotopic (exact) mass is 436 g/mol. The van der Waals surface area contributed by atoms with Gasteiger partial charge in [-0.1, -0.05) is 12.1 Å². The molecule has 1 saturated heterocycles. The molecule has 0 spiro atoms. The van der Waals surface area contributed by atoms with E-state index in [0.717, 1.165) is 24.8 Å². The Morgan fingerprint density at radius 3 is 2.66 bits per heavy atom. The fourth-order valence-corrected chi connectivity index (χ4v) is 3.89. The molecule has 1 fully saturated rings. The van der Waals surface area contributed by atoms with Gasteiger partial charge in [0.05, 0.1) is 29.1 Å². The standard InChI is InChI=1S/C23H25FN6O2/c1-15-19(22(31)26-11-16-6-8-18(24)9-7-16)13-25-21(28-15)20-5-3-4-10-30(20)23(32)17-12-27-29(2)14-17/h6-9,12-14,20H,3-5,10-11H2,1-2H3,(H,26,31). The number of aryl methyl sites for hydroxylation is 2. The lowest BCUT2D eigenvalue weighted by molar-refractivity contribution is 0.0599. The predicted molar refractivity (Wildman–Crippen MR) is 115 cm³/mol. The van der Waals surface area contributed by atoms with Crippen LogP contribution in [0.4, 0.5) is 4.39 Å². The van der Waals surface area contributed by atoms with Gasteiger partial charge in [0.1, 0.15) is 5.82 Å². The molecule has 2 aromatic heterocycles. The summed E-state index contributed by atoms with van der Waals surface area (Å²) < 4.78 is 14.6. The van der Waals surface area contributed by atoms with Gasteiger partial charge in [0, 0.05) is 32.5 Å². The SMILES string of the molecule is Cc1nc(C2CCCCN2C(=O)c2cnn(C)c2)ncc1C(=O)NCc1ccc(F)cc1. The first-order valence-electron chi connectivity index (χ1n) is 10.6. The number of carbonyl (C=O) groups excluding carboxylic acids is 2. The molecule has 0 saturated carbocycles. The molecule has 0 bridgehead atoms. The Kier molecular flexibility index (Phi) is 6.25. The van der Waals surface area contributed by atoms with E-state index in [-0.39, 0.29) is 30.2 Å². The Balaban J connectivity index is 1.48. The van der Waals surface area contributed by atoms with Gasteiger partial charge < -0.3 is 10.2 Å². The van der Waals surface area contributed by atoms with Crippen LogP contribution in [0.2, 0.25) is 0 Å². The maximum absolute atomic E-state index is 13.0. The van der Waals surface area contributed by atoms with Crippen LogP contribution in [0, 0.1) is 12.7 Å². The molecule has 3 aromatic rings. The molecule has 1 unspecified atom stereocenters. The summed E-state index contributed by atoms with van der Waals surface area (Å²) in [6, 6.07) is 5.71. The summed E-state index contributed by atoms with van der Waals surface area (Å²) in [6.07, 6.45) is 7.44. The number of hydrogen-bond donors (Lipinski definition) is 1. The molecule has 0 aliphatic carbocycles. The van der Waals surface area contributed by atoms with Crippen molar-refractivity contribution in [2.75, 3.05) is 6.54 Å². The number of hydrogen-bond acceptors (Lipinski definition) is 5. The van der Waals surface area contributed by atoms with Crippen LogP contribution < -0.4 is 5.32 Å². The van der Waals surface area contributed by atoms with Crippen molar-refractivity contribution in [3.05, 3.63) is 76.9 Å². The van der Waals surface area contributed by atoms with Crippen molar-refractivity contribution >= 4 is 11.8 Å². The highest BCUT2D eigenvalue weighted by Gasteiger charge is 2.31. The fourth-order valence-electron chi connectivity index (χ4n) is 3.89. The first kappa shape index (κ1) is 21.6. The molecule has 3 heterocycles. The number of aromatic nitrogens is 4. The average molecular weight is 436 g/mol. The van der Waals surface area contributed by atoms with Gasteiger partial charge in [-0.2, -0.15) is 5.10 Å². The minimum absolute atomic E-state index is 0.0924. The second-order valence-corrected chi connectivity index (χ2v) is 7.95. The summed E-state index contributed by atoms with van der Waals surface area (Å²) in [7, 11) is 1.77. The number of halogens is 1. The highest BCUT2D eigenvalue weighted by molar-refractivity contribution is 5.95. The van der Waals surface area contributed by atoms with Gasteiger partial charge in [0.2, 0.25) is 0 Å². The van der Waals surface area contributed by atoms with Gasteiger partial charge in [-0.05, 0) is 43.9 Å². The third-order valence-electron chi connectivity index (χ3n) is 5.62. The number of carbonyl (C=O) groups is 2. The van der Waals surface area contributed by atoms with E-state index in [1.807, 2.05) is 0 Å². The molecule has 1 aliphatic rings. The van der Waals surface area contributed by atoms with Crippen LogP contribution in [0.5, 0.6) is 0 Å². The average Bonchev–Trinajstić information content (AvgIpc) is 3.24. The Labute approximate surface area is 185 Å². The van der Waals surface area contributed by atoms with Gasteiger partial charge in [0.15, 0.2) is 5.82 Å². The van der Waals surface area contributed by atoms with E-state index >= 15 is 0 Å². The highest BCUT2D eigenvalue weighted by atomic mass is 19.1. The quantitative estimate of drug-likeness (QED) is 0.664. The Bertz CT molecular complexity index is 1130. The van der Waals surface area contributed by atoms with Gasteiger partial charge in [0.25, 0.3) is 11.8 Å². The van der Waals surface area contributed by atoms with E-state index in [0.29, 0.717) is 29.2 Å². The maximum atomic E-state index is 13.0. The van der Waals surface area contributed by atoms with E-state index in [9.17, 15) is 14.0 Å². The molecule has 1 N–H and O–H groups in total. The minimum atomic E-state index is -0.321. The van der Waals surface area contributed by atoms with Crippen molar-refractivity contribution in [1.82, 2.24) is 30.0 Å². The molecule has 1 aromatic carbocycles. The van der Waals surface area contributed by atoms with E-state index in [1.165, 1.54) is 18.3 Å². The van der Waals surface area contributed by atoms with Gasteiger partial charge in [-0.15, -0.1) is 0 Å². The molecule has 166 valence electrons. The molecule has 0 radical (unpaired) electrons. The third kappa shape index (κ3) is 4.66. The predicted octanol–water partition coefficient (Wildman–Crippen LogP) is 2.96. The van der Waals surface area contributed by atoms with Crippen LogP contribution >= 0.6 is 0 Å². The van der Waals surface area contributed by atoms with Crippen molar-refractivity contribution in [1.29, 1.82) is 0 Å². The first-order valence-corrected chi connectivity index (χ1v) is 10.6. The summed E-state index contributed by atoms with van der Waals surface area (Å²) >= 11 is 0. The number of nitrogens with zero attached hydrogens (tertiary/aromatic N) is 5. The van der Waals surface area contributed by atoms with Gasteiger partial charge >= 0.3 is 0 Å². The zero-order chi connectivity index (χ0) is 22.7. The van der Waals surface area contributed by atoms with Crippen LogP contribution in [0.25, 0.3) is 0 Å². The highest BCUT2D eigenvalue weighted by Crippen LogP contribution is 2.30. The molecule has 2 amide bonds. The fraction of sp³-hybridized carbons (Fsp3) is 0.348.